The third-order valence-corrected chi connectivity index (χ3v) is 2.59. The number of hydrogen-bond acceptors (Lipinski definition) is 5. The van der Waals surface area contributed by atoms with Gasteiger partial charge in [0.05, 0.1) is 0 Å². The number of rotatable bonds is 7. The van der Waals surface area contributed by atoms with Gasteiger partial charge in [0.1, 0.15) is 11.9 Å². The Kier molecular flexibility index (Phi) is 9.79. The van der Waals surface area contributed by atoms with E-state index in [0.29, 0.717) is 5.56 Å². The van der Waals surface area contributed by atoms with E-state index in [1.54, 1.807) is 6.07 Å². The summed E-state index contributed by atoms with van der Waals surface area (Å²) >= 11 is 0. The Hall–Kier alpha value is -3.26. The fraction of sp³-hybridized carbons (Fsp3) is 0.286. The number of carboxylic acids is 2. The fourth-order valence-corrected chi connectivity index (χ4v) is 1.56. The average molecular weight is 342 g/mol. The first-order chi connectivity index (χ1) is 11.3. The van der Waals surface area contributed by atoms with Crippen LogP contribution in [0.4, 0.5) is 9.18 Å². The van der Waals surface area contributed by atoms with Crippen LogP contribution in [0, 0.1) is 5.82 Å². The van der Waals surface area contributed by atoms with Gasteiger partial charge in [-0.1, -0.05) is 12.1 Å². The normalized spacial score (nSPS) is 10.4. The molecule has 0 spiro atoms. The predicted molar refractivity (Wildman–Crippen MR) is 75.1 cm³/mol. The van der Waals surface area contributed by atoms with Crippen LogP contribution in [0.5, 0.6) is 0 Å². The highest BCUT2D eigenvalue weighted by Crippen LogP contribution is 2.03. The Morgan fingerprint density at radius 3 is 2.33 bits per heavy atom. The maximum atomic E-state index is 12.9. The largest absolute Gasteiger partial charge is 0.481 e. The molecule has 0 fully saturated rings. The predicted octanol–water partition coefficient (Wildman–Crippen LogP) is 0.359. The number of halogens is 1. The molecule has 130 valence electrons. The number of urea groups is 1. The molecule has 1 aromatic carbocycles. The minimum absolute atomic E-state index is 0.0227. The highest BCUT2D eigenvalue weighted by atomic mass is 19.1. The minimum Gasteiger partial charge on any atom is -0.481 e. The molecule has 2 amide bonds. The topological polar surface area (TPSA) is 150 Å². The summed E-state index contributed by atoms with van der Waals surface area (Å²) in [7, 11) is 0. The Labute approximate surface area is 135 Å². The van der Waals surface area contributed by atoms with Crippen LogP contribution >= 0.6 is 0 Å². The molecule has 1 atom stereocenters. The van der Waals surface area contributed by atoms with Gasteiger partial charge in [0.15, 0.2) is 0 Å². The zero-order valence-corrected chi connectivity index (χ0v) is 12.3. The molecule has 0 unspecified atom stereocenters. The first-order valence-electron chi connectivity index (χ1n) is 6.52. The molecule has 9 nitrogen and oxygen atoms in total. The molecule has 0 saturated heterocycles. The van der Waals surface area contributed by atoms with Crippen molar-refractivity contribution in [3.8, 4) is 0 Å². The summed E-state index contributed by atoms with van der Waals surface area (Å²) in [6.45, 7) is 0.0227. The third-order valence-electron chi connectivity index (χ3n) is 2.59. The van der Waals surface area contributed by atoms with Crippen LogP contribution in [0.2, 0.25) is 0 Å². The third kappa shape index (κ3) is 9.64. The number of hydrogen-bond donors (Lipinski definition) is 4. The molecule has 1 rings (SSSR count). The van der Waals surface area contributed by atoms with E-state index in [1.807, 2.05) is 0 Å². The van der Waals surface area contributed by atoms with Gasteiger partial charge in [0.25, 0.3) is 0 Å². The van der Waals surface area contributed by atoms with Crippen LogP contribution in [0.15, 0.2) is 24.3 Å². The molecule has 0 aliphatic rings. The molecule has 24 heavy (non-hydrogen) atoms. The Morgan fingerprint density at radius 1 is 1.21 bits per heavy atom. The number of carbonyl (C=O) groups excluding carboxylic acids is 3. The van der Waals surface area contributed by atoms with Crippen molar-refractivity contribution in [2.24, 2.45) is 0 Å². The van der Waals surface area contributed by atoms with E-state index in [9.17, 15) is 18.8 Å². The van der Waals surface area contributed by atoms with E-state index in [4.69, 9.17) is 19.8 Å². The van der Waals surface area contributed by atoms with Crippen LogP contribution in [0.25, 0.3) is 0 Å². The van der Waals surface area contributed by atoms with Gasteiger partial charge in [-0.05, 0) is 24.1 Å². The van der Waals surface area contributed by atoms with Gasteiger partial charge in [-0.15, -0.1) is 0 Å². The van der Waals surface area contributed by atoms with Gasteiger partial charge in [-0.2, -0.15) is 9.59 Å². The van der Waals surface area contributed by atoms with E-state index in [2.05, 4.69) is 10.6 Å². The zero-order valence-electron chi connectivity index (χ0n) is 12.3. The Morgan fingerprint density at radius 2 is 1.83 bits per heavy atom. The summed E-state index contributed by atoms with van der Waals surface area (Å²) < 4.78 is 12.9. The molecular formula is C14H15FN2O7. The van der Waals surface area contributed by atoms with Gasteiger partial charge in [-0.25, -0.2) is 14.0 Å². The van der Waals surface area contributed by atoms with E-state index < -0.39 is 29.8 Å². The molecule has 0 radical (unpaired) electrons. The van der Waals surface area contributed by atoms with Gasteiger partial charge >= 0.3 is 24.1 Å². The first kappa shape index (κ1) is 20.7. The summed E-state index contributed by atoms with van der Waals surface area (Å²) in [6.07, 6.45) is -0.348. The number of carbonyl (C=O) groups is 3. The first-order valence-corrected chi connectivity index (χ1v) is 6.52. The fourth-order valence-electron chi connectivity index (χ4n) is 1.56. The summed E-state index contributed by atoms with van der Waals surface area (Å²) in [5, 5.41) is 21.9. The number of carboxylic acid groups (broad SMARTS) is 2. The molecule has 0 saturated carbocycles. The van der Waals surface area contributed by atoms with E-state index >= 15 is 0 Å². The monoisotopic (exact) mass is 342 g/mol. The van der Waals surface area contributed by atoms with Crippen molar-refractivity contribution in [1.29, 1.82) is 0 Å². The summed E-state index contributed by atoms with van der Waals surface area (Å²) in [6, 6.07) is 3.51. The van der Waals surface area contributed by atoms with Crippen LogP contribution < -0.4 is 10.6 Å². The lowest BCUT2D eigenvalue weighted by Crippen LogP contribution is -2.46. The van der Waals surface area contributed by atoms with Crippen molar-refractivity contribution in [1.82, 2.24) is 10.6 Å². The zero-order chi connectivity index (χ0) is 18.5. The van der Waals surface area contributed by atoms with Crippen molar-refractivity contribution < 1.29 is 38.6 Å². The Bertz CT molecular complexity index is 615. The molecule has 1 aromatic rings. The van der Waals surface area contributed by atoms with Crippen molar-refractivity contribution in [2.75, 3.05) is 0 Å². The lowest BCUT2D eigenvalue weighted by Gasteiger charge is -2.14. The molecule has 0 aromatic heterocycles. The van der Waals surface area contributed by atoms with Crippen molar-refractivity contribution in [3.63, 3.8) is 0 Å². The van der Waals surface area contributed by atoms with Crippen LogP contribution in [-0.4, -0.2) is 40.4 Å². The van der Waals surface area contributed by atoms with Gasteiger partial charge in [0, 0.05) is 13.0 Å². The van der Waals surface area contributed by atoms with Crippen molar-refractivity contribution in [2.45, 2.75) is 25.4 Å². The molecule has 0 heterocycles. The average Bonchev–Trinajstić information content (AvgIpc) is 2.50. The smallest absolute Gasteiger partial charge is 0.373 e. The summed E-state index contributed by atoms with van der Waals surface area (Å²) in [5.41, 5.74) is 0.516. The molecular weight excluding hydrogens is 327 g/mol. The molecule has 4 N–H and O–H groups in total. The second-order valence-corrected chi connectivity index (χ2v) is 4.36. The highest BCUT2D eigenvalue weighted by Gasteiger charge is 2.20. The summed E-state index contributed by atoms with van der Waals surface area (Å²) in [5.74, 6) is -2.92. The summed E-state index contributed by atoms with van der Waals surface area (Å²) in [4.78, 5) is 49.1. The van der Waals surface area contributed by atoms with E-state index in [-0.39, 0.29) is 25.5 Å². The van der Waals surface area contributed by atoms with Gasteiger partial charge in [-0.3, -0.25) is 4.79 Å². The Balaban J connectivity index is 0.00000163. The second-order valence-electron chi connectivity index (χ2n) is 4.36. The number of nitrogens with one attached hydrogen (secondary N) is 2. The minimum atomic E-state index is -1.32. The quantitative estimate of drug-likeness (QED) is 0.558. The number of amides is 2. The highest BCUT2D eigenvalue weighted by molar-refractivity contribution is 5.82. The van der Waals surface area contributed by atoms with Gasteiger partial charge in [0.2, 0.25) is 0 Å². The maximum Gasteiger partial charge on any atom is 0.373 e. The van der Waals surface area contributed by atoms with Crippen molar-refractivity contribution in [3.05, 3.63) is 35.6 Å². The van der Waals surface area contributed by atoms with Crippen LogP contribution in [-0.2, 0) is 25.7 Å². The molecule has 10 heteroatoms. The van der Waals surface area contributed by atoms with E-state index in [1.165, 1.54) is 18.2 Å². The second kappa shape index (κ2) is 11.3. The molecule has 0 aliphatic heterocycles. The molecule has 0 aliphatic carbocycles. The lowest BCUT2D eigenvalue weighted by molar-refractivity contribution is -0.191. The number of aliphatic carboxylic acids is 2. The molecule has 0 bridgehead atoms. The van der Waals surface area contributed by atoms with Crippen LogP contribution in [0.1, 0.15) is 18.4 Å². The lowest BCUT2D eigenvalue weighted by atomic mass is 10.1. The maximum absolute atomic E-state index is 12.9. The van der Waals surface area contributed by atoms with Gasteiger partial charge < -0.3 is 20.8 Å². The van der Waals surface area contributed by atoms with Crippen molar-refractivity contribution >= 4 is 24.1 Å². The standard InChI is InChI=1S/C13H15FN2O5.CO2/c14-9-3-1-2-8(6-9)7-15-13(21)16-10(12(19)20)4-5-11(17)18;2-1-3/h1-3,6,10H,4-5,7H2,(H,17,18)(H,19,20)(H2,15,16,21);/t10-;/m0./s1. The van der Waals surface area contributed by atoms with Crippen LogP contribution in [0.3, 0.4) is 0 Å². The number of benzene rings is 1. The van der Waals surface area contributed by atoms with E-state index in [0.717, 1.165) is 0 Å². The SMILES string of the molecule is O=C(O)CC[C@H](NC(=O)NCc1cccc(F)c1)C(=O)O.O=C=O.